The van der Waals surface area contributed by atoms with E-state index < -0.39 is 5.97 Å². The maximum absolute atomic E-state index is 9.97. The SMILES string of the molecule is O=C[C@@H]1C[C@H]1C(=O)O. The Kier molecular flexibility index (Phi) is 1.04. The Labute approximate surface area is 46.3 Å². The second-order valence-electron chi connectivity index (χ2n) is 1.98. The summed E-state index contributed by atoms with van der Waals surface area (Å²) in [6.45, 7) is 0. The Morgan fingerprint density at radius 1 is 1.75 bits per heavy atom. The number of hydrogen-bond donors (Lipinski definition) is 1. The van der Waals surface area contributed by atoms with E-state index in [-0.39, 0.29) is 11.8 Å². The Balaban J connectivity index is 2.36. The minimum atomic E-state index is -0.845. The van der Waals surface area contributed by atoms with Gasteiger partial charge in [-0.25, -0.2) is 0 Å². The molecule has 0 heterocycles. The fourth-order valence-electron chi connectivity index (χ4n) is 0.649. The van der Waals surface area contributed by atoms with Crippen LogP contribution in [-0.2, 0) is 9.59 Å². The van der Waals surface area contributed by atoms with E-state index in [4.69, 9.17) is 5.11 Å². The molecular weight excluding hydrogens is 108 g/mol. The van der Waals surface area contributed by atoms with Crippen LogP contribution in [0.25, 0.3) is 0 Å². The normalized spacial score (nSPS) is 34.0. The van der Waals surface area contributed by atoms with Crippen LogP contribution in [0.2, 0.25) is 0 Å². The van der Waals surface area contributed by atoms with Gasteiger partial charge >= 0.3 is 5.97 Å². The molecule has 1 rings (SSSR count). The first-order chi connectivity index (χ1) is 3.75. The zero-order valence-corrected chi connectivity index (χ0v) is 4.20. The summed E-state index contributed by atoms with van der Waals surface area (Å²) in [4.78, 5) is 19.8. The molecule has 8 heavy (non-hydrogen) atoms. The van der Waals surface area contributed by atoms with Gasteiger partial charge in [-0.2, -0.15) is 0 Å². The van der Waals surface area contributed by atoms with Crippen LogP contribution in [0, 0.1) is 11.8 Å². The fraction of sp³-hybridized carbons (Fsp3) is 0.600. The molecule has 0 amide bonds. The summed E-state index contributed by atoms with van der Waals surface area (Å²) in [6.07, 6.45) is 1.25. The third kappa shape index (κ3) is 0.710. The molecule has 0 aliphatic heterocycles. The van der Waals surface area contributed by atoms with Crippen LogP contribution in [0.15, 0.2) is 0 Å². The molecule has 0 spiro atoms. The first-order valence-corrected chi connectivity index (χ1v) is 2.44. The molecule has 0 bridgehead atoms. The number of hydrogen-bond acceptors (Lipinski definition) is 2. The molecule has 0 unspecified atom stereocenters. The number of carboxylic acid groups (broad SMARTS) is 1. The average molecular weight is 114 g/mol. The van der Waals surface area contributed by atoms with Crippen molar-refractivity contribution in [1.29, 1.82) is 0 Å². The third-order valence-corrected chi connectivity index (χ3v) is 1.33. The van der Waals surface area contributed by atoms with E-state index in [0.29, 0.717) is 12.7 Å². The smallest absolute Gasteiger partial charge is 0.307 e. The lowest BCUT2D eigenvalue weighted by atomic mass is 10.3. The van der Waals surface area contributed by atoms with Crippen molar-refractivity contribution in [2.45, 2.75) is 6.42 Å². The minimum absolute atomic E-state index is 0.188. The van der Waals surface area contributed by atoms with Crippen LogP contribution in [0.1, 0.15) is 6.42 Å². The molecule has 3 heteroatoms. The highest BCUT2D eigenvalue weighted by atomic mass is 16.4. The highest BCUT2D eigenvalue weighted by molar-refractivity contribution is 5.80. The van der Waals surface area contributed by atoms with Crippen molar-refractivity contribution in [3.63, 3.8) is 0 Å². The van der Waals surface area contributed by atoms with Crippen LogP contribution in [-0.4, -0.2) is 17.4 Å². The lowest BCUT2D eigenvalue weighted by Crippen LogP contribution is -1.99. The topological polar surface area (TPSA) is 54.4 Å². The molecule has 1 fully saturated rings. The van der Waals surface area contributed by atoms with Gasteiger partial charge in [0.05, 0.1) is 5.92 Å². The third-order valence-electron chi connectivity index (χ3n) is 1.33. The van der Waals surface area contributed by atoms with Gasteiger partial charge in [0.1, 0.15) is 6.29 Å². The molecule has 1 aliphatic carbocycles. The maximum atomic E-state index is 9.97. The second-order valence-corrected chi connectivity index (χ2v) is 1.98. The summed E-state index contributed by atoms with van der Waals surface area (Å²) in [5.74, 6) is -1.40. The standard InChI is InChI=1S/C5H6O3/c6-2-3-1-4(3)5(7)8/h2-4H,1H2,(H,7,8)/t3-,4+/m0/s1. The molecule has 0 aromatic rings. The van der Waals surface area contributed by atoms with E-state index in [9.17, 15) is 9.59 Å². The lowest BCUT2D eigenvalue weighted by molar-refractivity contribution is -0.139. The van der Waals surface area contributed by atoms with Gasteiger partial charge in [0.2, 0.25) is 0 Å². The van der Waals surface area contributed by atoms with Gasteiger partial charge in [-0.05, 0) is 6.42 Å². The molecule has 44 valence electrons. The quantitative estimate of drug-likeness (QED) is 0.510. The fourth-order valence-corrected chi connectivity index (χ4v) is 0.649. The summed E-state index contributed by atoms with van der Waals surface area (Å²) in [7, 11) is 0. The zero-order valence-electron chi connectivity index (χ0n) is 4.20. The number of aldehydes is 1. The molecule has 2 atom stereocenters. The summed E-state index contributed by atoms with van der Waals surface area (Å²) < 4.78 is 0. The number of carboxylic acids is 1. The van der Waals surface area contributed by atoms with E-state index in [1.165, 1.54) is 0 Å². The highest BCUT2D eigenvalue weighted by Crippen LogP contribution is 2.36. The van der Waals surface area contributed by atoms with Crippen LogP contribution in [0.3, 0.4) is 0 Å². The molecule has 1 N–H and O–H groups in total. The van der Waals surface area contributed by atoms with Crippen molar-refractivity contribution in [3.05, 3.63) is 0 Å². The van der Waals surface area contributed by atoms with Gasteiger partial charge in [-0.3, -0.25) is 4.79 Å². The second kappa shape index (κ2) is 1.58. The number of aliphatic carboxylic acids is 1. The Morgan fingerprint density at radius 3 is 2.50 bits per heavy atom. The van der Waals surface area contributed by atoms with E-state index in [0.717, 1.165) is 0 Å². The summed E-state index contributed by atoms with van der Waals surface area (Å²) in [5, 5.41) is 8.20. The maximum Gasteiger partial charge on any atom is 0.307 e. The highest BCUT2D eigenvalue weighted by Gasteiger charge is 2.42. The predicted octanol–water partition coefficient (Wildman–Crippen LogP) is -0.0940. The van der Waals surface area contributed by atoms with Crippen LogP contribution in [0.4, 0.5) is 0 Å². The Bertz CT molecular complexity index is 130. The molecule has 0 aromatic carbocycles. The number of carbonyl (C=O) groups excluding carboxylic acids is 1. The molecule has 0 saturated heterocycles. The van der Waals surface area contributed by atoms with Gasteiger partial charge in [0.25, 0.3) is 0 Å². The number of rotatable bonds is 2. The summed E-state index contributed by atoms with van der Waals surface area (Å²) in [6, 6.07) is 0. The lowest BCUT2D eigenvalue weighted by Gasteiger charge is -1.79. The Hall–Kier alpha value is -0.860. The van der Waals surface area contributed by atoms with Crippen LogP contribution >= 0.6 is 0 Å². The molecule has 1 saturated carbocycles. The molecular formula is C5H6O3. The van der Waals surface area contributed by atoms with Crippen molar-refractivity contribution in [2.75, 3.05) is 0 Å². The first-order valence-electron chi connectivity index (χ1n) is 2.44. The molecule has 0 aromatic heterocycles. The minimum Gasteiger partial charge on any atom is -0.481 e. The monoisotopic (exact) mass is 114 g/mol. The van der Waals surface area contributed by atoms with Crippen molar-refractivity contribution in [3.8, 4) is 0 Å². The van der Waals surface area contributed by atoms with Crippen LogP contribution in [0.5, 0.6) is 0 Å². The van der Waals surface area contributed by atoms with Gasteiger partial charge < -0.3 is 9.90 Å². The first kappa shape index (κ1) is 5.28. The van der Waals surface area contributed by atoms with E-state index in [1.807, 2.05) is 0 Å². The van der Waals surface area contributed by atoms with E-state index in [1.54, 1.807) is 0 Å². The van der Waals surface area contributed by atoms with E-state index in [2.05, 4.69) is 0 Å². The molecule has 3 nitrogen and oxygen atoms in total. The van der Waals surface area contributed by atoms with Gasteiger partial charge in [0, 0.05) is 5.92 Å². The van der Waals surface area contributed by atoms with Gasteiger partial charge in [0.15, 0.2) is 0 Å². The van der Waals surface area contributed by atoms with E-state index >= 15 is 0 Å². The zero-order chi connectivity index (χ0) is 6.15. The van der Waals surface area contributed by atoms with Gasteiger partial charge in [-0.15, -0.1) is 0 Å². The Morgan fingerprint density at radius 2 is 2.38 bits per heavy atom. The predicted molar refractivity (Wildman–Crippen MR) is 25.3 cm³/mol. The van der Waals surface area contributed by atoms with Crippen LogP contribution < -0.4 is 0 Å². The van der Waals surface area contributed by atoms with Gasteiger partial charge in [-0.1, -0.05) is 0 Å². The summed E-state index contributed by atoms with van der Waals surface area (Å²) in [5.41, 5.74) is 0. The van der Waals surface area contributed by atoms with Crippen molar-refractivity contribution >= 4 is 12.3 Å². The average Bonchev–Trinajstić information content (AvgIpc) is 2.42. The van der Waals surface area contributed by atoms with Crippen molar-refractivity contribution in [2.24, 2.45) is 11.8 Å². The van der Waals surface area contributed by atoms with Crippen molar-refractivity contribution in [1.82, 2.24) is 0 Å². The number of carbonyl (C=O) groups is 2. The summed E-state index contributed by atoms with van der Waals surface area (Å²) >= 11 is 0. The molecule has 0 radical (unpaired) electrons. The largest absolute Gasteiger partial charge is 0.481 e. The van der Waals surface area contributed by atoms with Crippen molar-refractivity contribution < 1.29 is 14.7 Å². The molecule has 1 aliphatic rings.